The van der Waals surface area contributed by atoms with E-state index in [9.17, 15) is 44.7 Å². The number of para-hydroxylation sites is 2. The lowest BCUT2D eigenvalue weighted by atomic mass is 10.0. The van der Waals surface area contributed by atoms with Gasteiger partial charge in [-0.2, -0.15) is 5.10 Å². The summed E-state index contributed by atoms with van der Waals surface area (Å²) in [6.45, 7) is 0. The Morgan fingerprint density at radius 1 is 0.611 bits per heavy atom. The monoisotopic (exact) mass is 760 g/mol. The summed E-state index contributed by atoms with van der Waals surface area (Å²) in [7, 11) is 2.95. The zero-order chi connectivity index (χ0) is 39.5. The lowest BCUT2D eigenvalue weighted by Gasteiger charge is -2.14. The molecule has 0 atom stereocenters. The highest BCUT2D eigenvalue weighted by atomic mass is 19.4. The molecule has 2 amide bonds. The van der Waals surface area contributed by atoms with E-state index in [1.165, 1.54) is 79.4 Å². The fourth-order valence-electron chi connectivity index (χ4n) is 5.01. The Labute approximate surface area is 298 Å². The van der Waals surface area contributed by atoms with Crippen molar-refractivity contribution in [3.63, 3.8) is 0 Å². The zero-order valence-corrected chi connectivity index (χ0v) is 27.6. The second-order valence-electron chi connectivity index (χ2n) is 11.0. The summed E-state index contributed by atoms with van der Waals surface area (Å²) in [4.78, 5) is 30.5. The van der Waals surface area contributed by atoms with Crippen molar-refractivity contribution in [3.05, 3.63) is 108 Å². The normalized spacial score (nSPS) is 11.4. The predicted molar refractivity (Wildman–Crippen MR) is 174 cm³/mol. The van der Waals surface area contributed by atoms with E-state index in [1.807, 2.05) is 0 Å². The minimum atomic E-state index is -4.93. The fraction of sp³-hybridized carbons (Fsp3) is 0.118. The first-order valence-corrected chi connectivity index (χ1v) is 15.0. The molecule has 54 heavy (non-hydrogen) atoms. The summed E-state index contributed by atoms with van der Waals surface area (Å²) >= 11 is 0. The molecular formula is C34H24F8N8O4. The summed E-state index contributed by atoms with van der Waals surface area (Å²) in [6.07, 6.45) is -9.85. The van der Waals surface area contributed by atoms with Gasteiger partial charge in [0.25, 0.3) is 11.8 Å². The summed E-state index contributed by atoms with van der Waals surface area (Å²) in [5.74, 6) is -4.34. The number of nitrogens with zero attached hydrogens (tertiary/aromatic N) is 6. The highest BCUT2D eigenvalue weighted by molar-refractivity contribution is 5.90. The molecule has 0 unspecified atom stereocenters. The molecule has 0 saturated carbocycles. The number of carbonyl (C=O) groups excluding carboxylic acids is 2. The predicted octanol–water partition coefficient (Wildman–Crippen LogP) is 6.57. The van der Waals surface area contributed by atoms with Crippen LogP contribution in [0.25, 0.3) is 45.0 Å². The Hall–Kier alpha value is -6.86. The van der Waals surface area contributed by atoms with Crippen LogP contribution in [0.1, 0.15) is 21.2 Å². The molecule has 0 saturated heterocycles. The highest BCUT2D eigenvalue weighted by Gasteiger charge is 2.33. The SMILES string of the molecule is Cn1nc(-c2ccc(F)c(-c3ccccc3OC(F)(F)F)c2)nc1C(N)=O.Cn1nc(C(N)=O)nc1-c1ccc(F)c(-c2ccccc2OC(F)(F)F)c1. The molecule has 2 heterocycles. The Morgan fingerprint density at radius 2 is 1.09 bits per heavy atom. The second-order valence-corrected chi connectivity index (χ2v) is 11.0. The molecule has 0 radical (unpaired) electrons. The van der Waals surface area contributed by atoms with E-state index in [4.69, 9.17) is 11.5 Å². The molecule has 280 valence electrons. The molecule has 6 aromatic rings. The third-order valence-corrected chi connectivity index (χ3v) is 7.22. The molecule has 0 fully saturated rings. The van der Waals surface area contributed by atoms with Gasteiger partial charge in [0.05, 0.1) is 0 Å². The van der Waals surface area contributed by atoms with Crippen LogP contribution in [0.3, 0.4) is 0 Å². The number of ether oxygens (including phenoxy) is 2. The summed E-state index contributed by atoms with van der Waals surface area (Å²) in [5.41, 5.74) is 10.5. The number of halogens is 8. The molecule has 0 aliphatic carbocycles. The fourth-order valence-corrected chi connectivity index (χ4v) is 5.01. The van der Waals surface area contributed by atoms with Crippen molar-refractivity contribution in [3.8, 4) is 56.5 Å². The van der Waals surface area contributed by atoms with Crippen molar-refractivity contribution in [2.24, 2.45) is 25.6 Å². The smallest absolute Gasteiger partial charge is 0.405 e. The lowest BCUT2D eigenvalue weighted by molar-refractivity contribution is -0.275. The number of benzene rings is 4. The van der Waals surface area contributed by atoms with Crippen molar-refractivity contribution in [2.45, 2.75) is 12.7 Å². The quantitative estimate of drug-likeness (QED) is 0.164. The third-order valence-electron chi connectivity index (χ3n) is 7.22. The average molecular weight is 761 g/mol. The van der Waals surface area contributed by atoms with Gasteiger partial charge < -0.3 is 20.9 Å². The van der Waals surface area contributed by atoms with E-state index in [2.05, 4.69) is 29.6 Å². The van der Waals surface area contributed by atoms with Crippen molar-refractivity contribution in [1.29, 1.82) is 0 Å². The van der Waals surface area contributed by atoms with Crippen LogP contribution in [0.4, 0.5) is 35.1 Å². The summed E-state index contributed by atoms with van der Waals surface area (Å²) in [6, 6.07) is 17.8. The van der Waals surface area contributed by atoms with Gasteiger partial charge in [-0.3, -0.25) is 9.59 Å². The minimum Gasteiger partial charge on any atom is -0.405 e. The van der Waals surface area contributed by atoms with Crippen LogP contribution < -0.4 is 20.9 Å². The first-order chi connectivity index (χ1) is 25.3. The van der Waals surface area contributed by atoms with E-state index in [0.717, 1.165) is 28.9 Å². The second kappa shape index (κ2) is 15.0. The Balaban J connectivity index is 0.000000208. The number of aryl methyl sites for hydroxylation is 2. The molecule has 4 aromatic carbocycles. The number of alkyl halides is 6. The van der Waals surface area contributed by atoms with E-state index < -0.39 is 47.7 Å². The average Bonchev–Trinajstić information content (AvgIpc) is 3.68. The lowest BCUT2D eigenvalue weighted by Crippen LogP contribution is -2.17. The van der Waals surface area contributed by atoms with Crippen molar-refractivity contribution >= 4 is 11.8 Å². The Morgan fingerprint density at radius 3 is 1.54 bits per heavy atom. The molecular weight excluding hydrogens is 736 g/mol. The summed E-state index contributed by atoms with van der Waals surface area (Å²) in [5, 5.41) is 7.86. The maximum Gasteiger partial charge on any atom is 0.573 e. The number of aromatic nitrogens is 6. The molecule has 20 heteroatoms. The van der Waals surface area contributed by atoms with Gasteiger partial charge in [0, 0.05) is 47.5 Å². The van der Waals surface area contributed by atoms with Crippen LogP contribution in [0.2, 0.25) is 0 Å². The van der Waals surface area contributed by atoms with Gasteiger partial charge in [-0.15, -0.1) is 31.4 Å². The van der Waals surface area contributed by atoms with Crippen molar-refractivity contribution < 1.29 is 54.2 Å². The Kier molecular flexibility index (Phi) is 10.7. The van der Waals surface area contributed by atoms with Gasteiger partial charge in [-0.1, -0.05) is 36.4 Å². The van der Waals surface area contributed by atoms with Gasteiger partial charge in [0.1, 0.15) is 23.1 Å². The molecule has 12 nitrogen and oxygen atoms in total. The Bertz CT molecular complexity index is 2360. The van der Waals surface area contributed by atoms with Gasteiger partial charge in [0.15, 0.2) is 11.6 Å². The van der Waals surface area contributed by atoms with Crippen molar-refractivity contribution in [2.75, 3.05) is 0 Å². The molecule has 0 aliphatic rings. The van der Waals surface area contributed by atoms with E-state index in [0.29, 0.717) is 5.56 Å². The number of rotatable bonds is 8. The molecule has 2 aromatic heterocycles. The number of carbonyl (C=O) groups is 2. The largest absolute Gasteiger partial charge is 0.573 e. The highest BCUT2D eigenvalue weighted by Crippen LogP contribution is 2.38. The van der Waals surface area contributed by atoms with Gasteiger partial charge in [-0.25, -0.2) is 28.1 Å². The van der Waals surface area contributed by atoms with Crippen LogP contribution >= 0.6 is 0 Å². The molecule has 6 rings (SSSR count). The van der Waals surface area contributed by atoms with Gasteiger partial charge in [-0.05, 0) is 48.5 Å². The molecule has 0 spiro atoms. The van der Waals surface area contributed by atoms with E-state index in [-0.39, 0.29) is 51.1 Å². The number of hydrogen-bond donors (Lipinski definition) is 2. The van der Waals surface area contributed by atoms with Crippen LogP contribution in [-0.4, -0.2) is 54.1 Å². The standard InChI is InChI=1S/2C17H12F4N4O2/c1-25-16(23-15(24-25)14(22)26)9-6-7-12(18)11(8-9)10-4-2-3-5-13(10)27-17(19,20)21;1-25-16(14(22)26)23-15(24-25)9-6-7-12(18)11(8-9)10-4-2-3-5-13(10)27-17(19,20)21/h2*2-8H,1H3,(H2,22,26). The minimum absolute atomic E-state index is 0.0711. The zero-order valence-electron chi connectivity index (χ0n) is 27.6. The number of amides is 2. The first kappa shape index (κ1) is 38.4. The molecule has 4 N–H and O–H groups in total. The molecule has 0 bridgehead atoms. The maximum atomic E-state index is 14.4. The van der Waals surface area contributed by atoms with Crippen LogP contribution in [0.5, 0.6) is 11.5 Å². The number of hydrogen-bond acceptors (Lipinski definition) is 8. The van der Waals surface area contributed by atoms with E-state index in [1.54, 1.807) is 0 Å². The maximum absolute atomic E-state index is 14.4. The third kappa shape index (κ3) is 8.95. The summed E-state index contributed by atoms with van der Waals surface area (Å²) < 4.78 is 115. The first-order valence-electron chi connectivity index (χ1n) is 15.0. The van der Waals surface area contributed by atoms with Gasteiger partial charge >= 0.3 is 12.7 Å². The van der Waals surface area contributed by atoms with Crippen LogP contribution in [0, 0.1) is 11.6 Å². The van der Waals surface area contributed by atoms with Gasteiger partial charge in [0.2, 0.25) is 11.6 Å². The number of nitrogens with two attached hydrogens (primary N) is 2. The topological polar surface area (TPSA) is 166 Å². The van der Waals surface area contributed by atoms with Crippen LogP contribution in [0.15, 0.2) is 84.9 Å². The molecule has 0 aliphatic heterocycles. The van der Waals surface area contributed by atoms with Crippen LogP contribution in [-0.2, 0) is 14.1 Å². The number of primary amides is 2. The van der Waals surface area contributed by atoms with Crippen molar-refractivity contribution in [1.82, 2.24) is 29.5 Å². The van der Waals surface area contributed by atoms with E-state index >= 15 is 0 Å².